The Morgan fingerprint density at radius 1 is 1.50 bits per heavy atom. The van der Waals surface area contributed by atoms with Crippen LogP contribution in [0.1, 0.15) is 22.8 Å². The van der Waals surface area contributed by atoms with Crippen molar-refractivity contribution in [3.8, 4) is 0 Å². The second kappa shape index (κ2) is 6.08. The van der Waals surface area contributed by atoms with Crippen LogP contribution in [-0.2, 0) is 6.18 Å². The average Bonchev–Trinajstić information content (AvgIpc) is 2.27. The number of rotatable bonds is 3. The SMILES string of the molecule is CC(NC(=O)c1c(Cl)cccc1C(F)(F)F)SS. The predicted octanol–water partition coefficient (Wildman–Crippen LogP) is 4.01. The lowest BCUT2D eigenvalue weighted by Crippen LogP contribution is -2.31. The second-order valence-electron chi connectivity index (χ2n) is 3.38. The molecule has 2 nitrogen and oxygen atoms in total. The lowest BCUT2D eigenvalue weighted by Gasteiger charge is -2.16. The van der Waals surface area contributed by atoms with Crippen molar-refractivity contribution < 1.29 is 18.0 Å². The first kappa shape index (κ1) is 15.5. The highest BCUT2D eigenvalue weighted by molar-refractivity contribution is 8.68. The van der Waals surface area contributed by atoms with E-state index in [2.05, 4.69) is 17.0 Å². The first-order valence-corrected chi connectivity index (χ1v) is 7.05. The number of hydrogen-bond acceptors (Lipinski definition) is 3. The van der Waals surface area contributed by atoms with E-state index in [9.17, 15) is 18.0 Å². The van der Waals surface area contributed by atoms with E-state index in [1.165, 1.54) is 6.07 Å². The number of amides is 1. The van der Waals surface area contributed by atoms with Crippen molar-refractivity contribution in [1.82, 2.24) is 5.32 Å². The zero-order chi connectivity index (χ0) is 13.9. The van der Waals surface area contributed by atoms with Crippen LogP contribution < -0.4 is 5.32 Å². The van der Waals surface area contributed by atoms with Gasteiger partial charge in [-0.3, -0.25) is 4.79 Å². The maximum atomic E-state index is 12.7. The zero-order valence-electron chi connectivity index (χ0n) is 9.08. The molecule has 0 aliphatic heterocycles. The summed E-state index contributed by atoms with van der Waals surface area (Å²) in [5.74, 6) is -0.873. The highest BCUT2D eigenvalue weighted by Gasteiger charge is 2.36. The van der Waals surface area contributed by atoms with Crippen molar-refractivity contribution in [1.29, 1.82) is 0 Å². The minimum atomic E-state index is -4.63. The van der Waals surface area contributed by atoms with Crippen LogP contribution in [0, 0.1) is 0 Å². The molecule has 0 bridgehead atoms. The van der Waals surface area contributed by atoms with E-state index >= 15 is 0 Å². The molecule has 0 heterocycles. The highest BCUT2D eigenvalue weighted by Crippen LogP contribution is 2.35. The number of benzene rings is 1. The molecule has 8 heteroatoms. The molecule has 1 N–H and O–H groups in total. The predicted molar refractivity (Wildman–Crippen MR) is 70.0 cm³/mol. The van der Waals surface area contributed by atoms with Crippen LogP contribution in [0.15, 0.2) is 18.2 Å². The van der Waals surface area contributed by atoms with E-state index in [0.29, 0.717) is 0 Å². The summed E-state index contributed by atoms with van der Waals surface area (Å²) in [4.78, 5) is 11.8. The Hall–Kier alpha value is -0.530. The Kier molecular flexibility index (Phi) is 5.24. The Morgan fingerprint density at radius 2 is 2.11 bits per heavy atom. The molecule has 1 aromatic rings. The van der Waals surface area contributed by atoms with Crippen molar-refractivity contribution >= 4 is 40.0 Å². The third-order valence-electron chi connectivity index (χ3n) is 2.04. The molecule has 0 saturated carbocycles. The summed E-state index contributed by atoms with van der Waals surface area (Å²) in [5.41, 5.74) is -1.62. The molecule has 0 aliphatic rings. The largest absolute Gasteiger partial charge is 0.417 e. The first-order valence-electron chi connectivity index (χ1n) is 4.74. The summed E-state index contributed by atoms with van der Waals surface area (Å²) in [7, 11) is 1.01. The number of alkyl halides is 3. The van der Waals surface area contributed by atoms with Crippen molar-refractivity contribution in [3.05, 3.63) is 34.3 Å². The molecule has 0 aromatic heterocycles. The summed E-state index contributed by atoms with van der Waals surface area (Å²) in [6.45, 7) is 1.60. The Bertz CT molecular complexity index is 453. The lowest BCUT2D eigenvalue weighted by atomic mass is 10.1. The zero-order valence-corrected chi connectivity index (χ0v) is 11.6. The van der Waals surface area contributed by atoms with Crippen molar-refractivity contribution in [2.24, 2.45) is 0 Å². The molecule has 1 unspecified atom stereocenters. The first-order chi connectivity index (χ1) is 8.27. The minimum absolute atomic E-state index is 0.237. The van der Waals surface area contributed by atoms with Gasteiger partial charge in [0.15, 0.2) is 0 Å². The molecule has 1 aromatic carbocycles. The van der Waals surface area contributed by atoms with Gasteiger partial charge in [0.2, 0.25) is 0 Å². The molecule has 0 saturated heterocycles. The third kappa shape index (κ3) is 3.73. The van der Waals surface area contributed by atoms with Gasteiger partial charge in [-0.15, -0.1) is 11.7 Å². The van der Waals surface area contributed by atoms with E-state index in [0.717, 1.165) is 22.9 Å². The van der Waals surface area contributed by atoms with Gasteiger partial charge in [-0.25, -0.2) is 0 Å². The quantitative estimate of drug-likeness (QED) is 0.501. The van der Waals surface area contributed by atoms with E-state index in [4.69, 9.17) is 11.6 Å². The third-order valence-corrected chi connectivity index (χ3v) is 3.74. The van der Waals surface area contributed by atoms with E-state index in [1.807, 2.05) is 0 Å². The number of nitrogens with one attached hydrogen (secondary N) is 1. The lowest BCUT2D eigenvalue weighted by molar-refractivity contribution is -0.137. The Labute approximate surface area is 116 Å². The van der Waals surface area contributed by atoms with Gasteiger partial charge in [0.25, 0.3) is 5.91 Å². The van der Waals surface area contributed by atoms with Crippen LogP contribution in [0.25, 0.3) is 0 Å². The molecule has 0 fully saturated rings. The Morgan fingerprint density at radius 3 is 2.61 bits per heavy atom. The van der Waals surface area contributed by atoms with Crippen molar-refractivity contribution in [3.63, 3.8) is 0 Å². The average molecular weight is 316 g/mol. The summed E-state index contributed by atoms with van der Waals surface area (Å²) in [6.07, 6.45) is -4.63. The Balaban J connectivity index is 3.18. The minimum Gasteiger partial charge on any atom is -0.340 e. The fourth-order valence-electron chi connectivity index (χ4n) is 1.27. The van der Waals surface area contributed by atoms with Gasteiger partial charge in [0.05, 0.1) is 21.5 Å². The summed E-state index contributed by atoms with van der Waals surface area (Å²) >= 11 is 9.53. The highest BCUT2D eigenvalue weighted by atomic mass is 35.5. The molecule has 1 atom stereocenters. The van der Waals surface area contributed by atoms with Crippen LogP contribution in [0.4, 0.5) is 13.2 Å². The van der Waals surface area contributed by atoms with Crippen molar-refractivity contribution in [2.45, 2.75) is 18.5 Å². The van der Waals surface area contributed by atoms with Gasteiger partial charge in [-0.1, -0.05) is 28.5 Å². The fraction of sp³-hybridized carbons (Fsp3) is 0.300. The fourth-order valence-corrected chi connectivity index (χ4v) is 1.85. The topological polar surface area (TPSA) is 29.1 Å². The van der Waals surface area contributed by atoms with E-state index < -0.39 is 28.6 Å². The summed E-state index contributed by atoms with van der Waals surface area (Å²) < 4.78 is 38.2. The van der Waals surface area contributed by atoms with Crippen LogP contribution in [-0.4, -0.2) is 11.3 Å². The number of hydrogen-bond donors (Lipinski definition) is 2. The van der Waals surface area contributed by atoms with Gasteiger partial charge in [-0.2, -0.15) is 13.2 Å². The van der Waals surface area contributed by atoms with Crippen LogP contribution in [0.2, 0.25) is 5.02 Å². The number of thiol groups is 1. The molecule has 18 heavy (non-hydrogen) atoms. The molecule has 0 spiro atoms. The van der Waals surface area contributed by atoms with Gasteiger partial charge in [0, 0.05) is 0 Å². The van der Waals surface area contributed by atoms with E-state index in [1.54, 1.807) is 6.92 Å². The summed E-state index contributed by atoms with van der Waals surface area (Å²) in [6, 6.07) is 3.21. The number of carbonyl (C=O) groups is 1. The molecule has 100 valence electrons. The number of halogens is 4. The van der Waals surface area contributed by atoms with E-state index in [-0.39, 0.29) is 5.02 Å². The van der Waals surface area contributed by atoms with Crippen LogP contribution in [0.3, 0.4) is 0 Å². The van der Waals surface area contributed by atoms with Gasteiger partial charge < -0.3 is 5.32 Å². The molecule has 1 amide bonds. The second-order valence-corrected chi connectivity index (χ2v) is 5.34. The standard InChI is InChI=1S/C10H9ClF3NOS2/c1-5(18-17)15-9(16)8-6(10(12,13)14)3-2-4-7(8)11/h2-5,17H,1H3,(H,15,16). The van der Waals surface area contributed by atoms with Gasteiger partial charge >= 0.3 is 6.18 Å². The normalized spacial score (nSPS) is 13.2. The van der Waals surface area contributed by atoms with Gasteiger partial charge in [0.1, 0.15) is 0 Å². The molecule has 0 radical (unpaired) electrons. The van der Waals surface area contributed by atoms with Crippen LogP contribution >= 0.6 is 34.1 Å². The smallest absolute Gasteiger partial charge is 0.340 e. The molecular weight excluding hydrogens is 307 g/mol. The van der Waals surface area contributed by atoms with Crippen LogP contribution in [0.5, 0.6) is 0 Å². The van der Waals surface area contributed by atoms with Gasteiger partial charge in [-0.05, 0) is 19.1 Å². The molecular formula is C10H9ClF3NOS2. The van der Waals surface area contributed by atoms with Crippen molar-refractivity contribution in [2.75, 3.05) is 0 Å². The molecule has 1 rings (SSSR count). The monoisotopic (exact) mass is 315 g/mol. The maximum absolute atomic E-state index is 12.7. The molecule has 0 aliphatic carbocycles. The number of carbonyl (C=O) groups excluding carboxylic acids is 1. The summed E-state index contributed by atoms with van der Waals surface area (Å²) in [5, 5.41) is 1.69. The maximum Gasteiger partial charge on any atom is 0.417 e.